The van der Waals surface area contributed by atoms with Crippen molar-refractivity contribution in [2.45, 2.75) is 25.6 Å². The van der Waals surface area contributed by atoms with E-state index in [0.717, 1.165) is 33.6 Å². The summed E-state index contributed by atoms with van der Waals surface area (Å²) in [5.74, 6) is 0.655. The zero-order valence-corrected chi connectivity index (χ0v) is 20.8. The maximum atomic E-state index is 13.4. The van der Waals surface area contributed by atoms with E-state index in [4.69, 9.17) is 4.99 Å². The van der Waals surface area contributed by atoms with Gasteiger partial charge in [0, 0.05) is 36.9 Å². The Bertz CT molecular complexity index is 1220. The van der Waals surface area contributed by atoms with E-state index in [9.17, 15) is 4.79 Å². The first-order valence-corrected chi connectivity index (χ1v) is 12.3. The number of thioether (sulfide) groups is 1. The lowest BCUT2D eigenvalue weighted by Crippen LogP contribution is -2.32. The van der Waals surface area contributed by atoms with Crippen molar-refractivity contribution in [3.05, 3.63) is 107 Å². The third kappa shape index (κ3) is 5.69. The maximum absolute atomic E-state index is 13.4. The fraction of sp³-hybridized carbons (Fsp3) is 0.214. The standard InChI is InChI=1S/C28H30N4OS/c1-19-9-8-10-21(17-19)18-34-28-29-20(2)25(27(33)30-23-11-6-5-7-12-23)26(31-28)22-13-15-24(16-14-22)32(3)4/h5-17,26H,18H2,1-4H3,(H,29,31)(H,30,33)/t26-/m1/s1. The van der Waals surface area contributed by atoms with Crippen LogP contribution in [0, 0.1) is 6.92 Å². The number of rotatable bonds is 6. The second-order valence-electron chi connectivity index (χ2n) is 8.58. The minimum atomic E-state index is -0.388. The van der Waals surface area contributed by atoms with Gasteiger partial charge in [-0.25, -0.2) is 4.99 Å². The molecule has 34 heavy (non-hydrogen) atoms. The summed E-state index contributed by atoms with van der Waals surface area (Å²) >= 11 is 1.65. The van der Waals surface area contributed by atoms with E-state index < -0.39 is 0 Å². The van der Waals surface area contributed by atoms with Crippen molar-refractivity contribution in [2.24, 2.45) is 4.99 Å². The molecule has 0 unspecified atom stereocenters. The third-order valence-corrected chi connectivity index (χ3v) is 6.64. The molecule has 4 rings (SSSR count). The Morgan fingerprint density at radius 3 is 2.41 bits per heavy atom. The van der Waals surface area contributed by atoms with E-state index in [0.29, 0.717) is 5.57 Å². The van der Waals surface area contributed by atoms with Gasteiger partial charge >= 0.3 is 0 Å². The summed E-state index contributed by atoms with van der Waals surface area (Å²) in [7, 11) is 4.03. The number of hydrogen-bond donors (Lipinski definition) is 2. The molecule has 5 nitrogen and oxygen atoms in total. The smallest absolute Gasteiger partial charge is 0.255 e. The van der Waals surface area contributed by atoms with Gasteiger partial charge in [-0.05, 0) is 49.2 Å². The van der Waals surface area contributed by atoms with Gasteiger partial charge in [0.2, 0.25) is 0 Å². The highest BCUT2D eigenvalue weighted by molar-refractivity contribution is 8.13. The van der Waals surface area contributed by atoms with Gasteiger partial charge in [0.25, 0.3) is 5.91 Å². The first-order chi connectivity index (χ1) is 16.4. The molecule has 0 bridgehead atoms. The van der Waals surface area contributed by atoms with Crippen LogP contribution in [0.15, 0.2) is 95.1 Å². The molecule has 0 radical (unpaired) electrons. The number of para-hydroxylation sites is 1. The molecule has 0 aromatic heterocycles. The highest BCUT2D eigenvalue weighted by Gasteiger charge is 2.29. The first-order valence-electron chi connectivity index (χ1n) is 11.3. The molecule has 1 amide bonds. The summed E-state index contributed by atoms with van der Waals surface area (Å²) in [5, 5.41) is 7.22. The SMILES string of the molecule is CC1=C(C(=O)Nc2ccccc2)[C@@H](c2ccc(N(C)C)cc2)N=C(SCc2cccc(C)c2)N1. The normalized spacial score (nSPS) is 15.4. The van der Waals surface area contributed by atoms with Crippen LogP contribution in [0.1, 0.15) is 29.7 Å². The molecule has 1 aliphatic heterocycles. The molecule has 0 saturated heterocycles. The molecule has 0 aliphatic carbocycles. The van der Waals surface area contributed by atoms with Crippen LogP contribution >= 0.6 is 11.8 Å². The number of aryl methyl sites for hydroxylation is 1. The molecular weight excluding hydrogens is 440 g/mol. The number of hydrogen-bond acceptors (Lipinski definition) is 5. The van der Waals surface area contributed by atoms with E-state index in [-0.39, 0.29) is 11.9 Å². The summed E-state index contributed by atoms with van der Waals surface area (Å²) in [4.78, 5) is 20.4. The van der Waals surface area contributed by atoms with Crippen molar-refractivity contribution in [3.63, 3.8) is 0 Å². The van der Waals surface area contributed by atoms with Gasteiger partial charge in [-0.3, -0.25) is 4.79 Å². The minimum Gasteiger partial charge on any atom is -0.378 e. The average molecular weight is 471 g/mol. The topological polar surface area (TPSA) is 56.7 Å². The molecule has 1 atom stereocenters. The number of carbonyl (C=O) groups excluding carboxylic acids is 1. The maximum Gasteiger partial charge on any atom is 0.255 e. The summed E-state index contributed by atoms with van der Waals surface area (Å²) in [6, 6.07) is 25.9. The molecule has 0 saturated carbocycles. The van der Waals surface area contributed by atoms with Crippen molar-refractivity contribution in [2.75, 3.05) is 24.3 Å². The zero-order chi connectivity index (χ0) is 24.1. The monoisotopic (exact) mass is 470 g/mol. The number of carbonyl (C=O) groups is 1. The lowest BCUT2D eigenvalue weighted by Gasteiger charge is -2.27. The van der Waals surface area contributed by atoms with Crippen molar-refractivity contribution in [1.29, 1.82) is 0 Å². The van der Waals surface area contributed by atoms with Crippen LogP contribution in [0.2, 0.25) is 0 Å². The predicted octanol–water partition coefficient (Wildman–Crippen LogP) is 5.91. The molecule has 1 heterocycles. The molecule has 6 heteroatoms. The van der Waals surface area contributed by atoms with Crippen molar-refractivity contribution < 1.29 is 4.79 Å². The Labute approximate surface area is 206 Å². The summed E-state index contributed by atoms with van der Waals surface area (Å²) < 4.78 is 0. The van der Waals surface area contributed by atoms with E-state index >= 15 is 0 Å². The zero-order valence-electron chi connectivity index (χ0n) is 20.0. The highest BCUT2D eigenvalue weighted by Crippen LogP contribution is 2.34. The van der Waals surface area contributed by atoms with Gasteiger partial charge in [0.15, 0.2) is 5.17 Å². The van der Waals surface area contributed by atoms with Crippen LogP contribution in [0.25, 0.3) is 0 Å². The van der Waals surface area contributed by atoms with Gasteiger partial charge in [-0.1, -0.05) is 71.9 Å². The Balaban J connectivity index is 1.62. The molecule has 1 aliphatic rings. The molecule has 3 aromatic carbocycles. The fourth-order valence-corrected chi connectivity index (χ4v) is 4.77. The summed E-state index contributed by atoms with van der Waals surface area (Å²) in [6.45, 7) is 4.05. The Kier molecular flexibility index (Phi) is 7.38. The number of benzene rings is 3. The predicted molar refractivity (Wildman–Crippen MR) is 144 cm³/mol. The second kappa shape index (κ2) is 10.6. The number of anilines is 2. The van der Waals surface area contributed by atoms with Crippen molar-refractivity contribution in [1.82, 2.24) is 5.32 Å². The van der Waals surface area contributed by atoms with Crippen LogP contribution in [-0.4, -0.2) is 25.2 Å². The van der Waals surface area contributed by atoms with Crippen LogP contribution in [0.4, 0.5) is 11.4 Å². The van der Waals surface area contributed by atoms with E-state index in [2.05, 4.69) is 71.0 Å². The number of aliphatic imine (C=N–C) groups is 1. The van der Waals surface area contributed by atoms with Gasteiger partial charge in [0.05, 0.1) is 5.57 Å². The van der Waals surface area contributed by atoms with Gasteiger partial charge in [-0.15, -0.1) is 0 Å². The van der Waals surface area contributed by atoms with Gasteiger partial charge < -0.3 is 15.5 Å². The highest BCUT2D eigenvalue weighted by atomic mass is 32.2. The van der Waals surface area contributed by atoms with E-state index in [1.54, 1.807) is 11.8 Å². The van der Waals surface area contributed by atoms with Crippen molar-refractivity contribution in [3.8, 4) is 0 Å². The average Bonchev–Trinajstić information content (AvgIpc) is 2.83. The molecule has 2 N–H and O–H groups in total. The lowest BCUT2D eigenvalue weighted by atomic mass is 9.95. The number of allylic oxidation sites excluding steroid dienone is 1. The summed E-state index contributed by atoms with van der Waals surface area (Å²) in [6.07, 6.45) is 0. The largest absolute Gasteiger partial charge is 0.378 e. The second-order valence-corrected chi connectivity index (χ2v) is 9.55. The summed E-state index contributed by atoms with van der Waals surface area (Å²) in [5.41, 5.74) is 6.78. The molecule has 0 fully saturated rings. The number of nitrogens with one attached hydrogen (secondary N) is 2. The first kappa shape index (κ1) is 23.6. The Morgan fingerprint density at radius 2 is 1.74 bits per heavy atom. The number of amides is 1. The Hall–Kier alpha value is -3.51. The third-order valence-electron chi connectivity index (χ3n) is 5.68. The van der Waals surface area contributed by atoms with E-state index in [1.807, 2.05) is 51.4 Å². The fourth-order valence-electron chi connectivity index (χ4n) is 3.88. The minimum absolute atomic E-state index is 0.149. The number of nitrogens with zero attached hydrogens (tertiary/aromatic N) is 2. The van der Waals surface area contributed by atoms with Crippen LogP contribution in [0.3, 0.4) is 0 Å². The van der Waals surface area contributed by atoms with E-state index in [1.165, 1.54) is 11.1 Å². The lowest BCUT2D eigenvalue weighted by molar-refractivity contribution is -0.113. The number of amidine groups is 1. The van der Waals surface area contributed by atoms with Gasteiger partial charge in [-0.2, -0.15) is 0 Å². The van der Waals surface area contributed by atoms with Crippen LogP contribution in [0.5, 0.6) is 0 Å². The molecule has 0 spiro atoms. The van der Waals surface area contributed by atoms with Crippen molar-refractivity contribution >= 4 is 34.2 Å². The molecule has 3 aromatic rings. The molecule has 174 valence electrons. The van der Waals surface area contributed by atoms with Crippen LogP contribution in [-0.2, 0) is 10.5 Å². The quantitative estimate of drug-likeness (QED) is 0.470. The molecular formula is C28H30N4OS. The Morgan fingerprint density at radius 1 is 1.00 bits per heavy atom. The van der Waals surface area contributed by atoms with Gasteiger partial charge in [0.1, 0.15) is 6.04 Å². The van der Waals surface area contributed by atoms with Crippen LogP contribution < -0.4 is 15.5 Å².